The first-order valence-electron chi connectivity index (χ1n) is 5.48. The molecule has 2 N–H and O–H groups in total. The smallest absolute Gasteiger partial charge is 0.126 e. The van der Waals surface area contributed by atoms with E-state index in [0.717, 1.165) is 24.6 Å². The maximum atomic E-state index is 4.36. The van der Waals surface area contributed by atoms with Gasteiger partial charge in [-0.1, -0.05) is 13.8 Å². The van der Waals surface area contributed by atoms with Crippen molar-refractivity contribution in [3.63, 3.8) is 0 Å². The zero-order valence-electron chi connectivity index (χ0n) is 10.1. The summed E-state index contributed by atoms with van der Waals surface area (Å²) in [6.07, 6.45) is 0. The Labute approximate surface area is 92.3 Å². The number of nitrogens with zero attached hydrogens (tertiary/aromatic N) is 1. The van der Waals surface area contributed by atoms with Crippen molar-refractivity contribution in [2.45, 2.75) is 27.3 Å². The second-order valence-corrected chi connectivity index (χ2v) is 4.28. The highest BCUT2D eigenvalue weighted by Crippen LogP contribution is 2.09. The molecule has 0 amide bonds. The fourth-order valence-electron chi connectivity index (χ4n) is 1.48. The lowest BCUT2D eigenvalue weighted by Crippen LogP contribution is -2.19. The van der Waals surface area contributed by atoms with Crippen molar-refractivity contribution in [1.82, 2.24) is 10.3 Å². The van der Waals surface area contributed by atoms with E-state index >= 15 is 0 Å². The van der Waals surface area contributed by atoms with Crippen LogP contribution in [0.3, 0.4) is 0 Å². The van der Waals surface area contributed by atoms with Crippen molar-refractivity contribution in [2.24, 2.45) is 5.92 Å². The normalized spacial score (nSPS) is 10.7. The van der Waals surface area contributed by atoms with Crippen LogP contribution >= 0.6 is 0 Å². The van der Waals surface area contributed by atoms with E-state index in [9.17, 15) is 0 Å². The molecule has 1 heterocycles. The topological polar surface area (TPSA) is 37.0 Å². The Balaban J connectivity index is 2.56. The highest BCUT2D eigenvalue weighted by atomic mass is 15.0. The second-order valence-electron chi connectivity index (χ2n) is 4.28. The van der Waals surface area contributed by atoms with E-state index in [4.69, 9.17) is 0 Å². The summed E-state index contributed by atoms with van der Waals surface area (Å²) < 4.78 is 0. The van der Waals surface area contributed by atoms with Crippen LogP contribution < -0.4 is 10.6 Å². The largest absolute Gasteiger partial charge is 0.373 e. The highest BCUT2D eigenvalue weighted by molar-refractivity contribution is 5.38. The molecule has 0 radical (unpaired) electrons. The van der Waals surface area contributed by atoms with Crippen LogP contribution in [0.1, 0.15) is 25.1 Å². The molecule has 0 saturated carbocycles. The van der Waals surface area contributed by atoms with E-state index in [1.54, 1.807) is 0 Å². The number of nitrogens with one attached hydrogen (secondary N) is 2. The molecule has 0 aliphatic heterocycles. The lowest BCUT2D eigenvalue weighted by atomic mass is 10.2. The Bertz CT molecular complexity index is 308. The third kappa shape index (κ3) is 4.30. The number of rotatable bonds is 5. The molecule has 0 atom stereocenters. The van der Waals surface area contributed by atoms with Crippen LogP contribution in [-0.2, 0) is 6.54 Å². The predicted molar refractivity (Wildman–Crippen MR) is 65.1 cm³/mol. The molecular weight excluding hydrogens is 186 g/mol. The van der Waals surface area contributed by atoms with Gasteiger partial charge in [0, 0.05) is 19.3 Å². The monoisotopic (exact) mass is 207 g/mol. The molecule has 0 bridgehead atoms. The molecule has 3 nitrogen and oxygen atoms in total. The Morgan fingerprint density at radius 1 is 1.33 bits per heavy atom. The van der Waals surface area contributed by atoms with Gasteiger partial charge in [-0.25, -0.2) is 4.98 Å². The van der Waals surface area contributed by atoms with E-state index in [1.807, 2.05) is 14.0 Å². The number of pyridine rings is 1. The van der Waals surface area contributed by atoms with Gasteiger partial charge in [-0.15, -0.1) is 0 Å². The number of aryl methyl sites for hydroxylation is 1. The minimum atomic E-state index is 0.691. The third-order valence-corrected chi connectivity index (χ3v) is 2.15. The molecule has 0 aromatic carbocycles. The molecule has 0 aliphatic rings. The quantitative estimate of drug-likeness (QED) is 0.777. The van der Waals surface area contributed by atoms with Crippen LogP contribution in [0.5, 0.6) is 0 Å². The van der Waals surface area contributed by atoms with Crippen molar-refractivity contribution in [3.05, 3.63) is 23.4 Å². The van der Waals surface area contributed by atoms with Gasteiger partial charge < -0.3 is 10.6 Å². The third-order valence-electron chi connectivity index (χ3n) is 2.15. The lowest BCUT2D eigenvalue weighted by Gasteiger charge is -2.09. The summed E-state index contributed by atoms with van der Waals surface area (Å²) >= 11 is 0. The molecule has 3 heteroatoms. The number of aromatic nitrogens is 1. The second kappa shape index (κ2) is 5.71. The molecule has 1 aromatic heterocycles. The summed E-state index contributed by atoms with van der Waals surface area (Å²) in [4.78, 5) is 4.36. The Morgan fingerprint density at radius 3 is 2.67 bits per heavy atom. The van der Waals surface area contributed by atoms with Crippen LogP contribution in [0.4, 0.5) is 5.82 Å². The van der Waals surface area contributed by atoms with Gasteiger partial charge in [-0.05, 0) is 37.1 Å². The maximum Gasteiger partial charge on any atom is 0.126 e. The summed E-state index contributed by atoms with van der Waals surface area (Å²) in [5.74, 6) is 1.63. The van der Waals surface area contributed by atoms with Crippen LogP contribution in [0.25, 0.3) is 0 Å². The average molecular weight is 207 g/mol. The minimum absolute atomic E-state index is 0.691. The Hall–Kier alpha value is -1.09. The molecule has 0 saturated heterocycles. The first kappa shape index (κ1) is 12.0. The van der Waals surface area contributed by atoms with Gasteiger partial charge in [-0.3, -0.25) is 0 Å². The molecule has 84 valence electrons. The summed E-state index contributed by atoms with van der Waals surface area (Å²) in [5.41, 5.74) is 2.34. The standard InChI is InChI=1S/C12H21N3/c1-9(2)7-14-8-11-5-10(3)15-12(6-11)13-4/h5-6,9,14H,7-8H2,1-4H3,(H,13,15). The van der Waals surface area contributed by atoms with Crippen molar-refractivity contribution >= 4 is 5.82 Å². The number of anilines is 1. The molecule has 1 rings (SSSR count). The van der Waals surface area contributed by atoms with Gasteiger partial charge >= 0.3 is 0 Å². The highest BCUT2D eigenvalue weighted by Gasteiger charge is 1.99. The van der Waals surface area contributed by atoms with Gasteiger partial charge in [-0.2, -0.15) is 0 Å². The zero-order chi connectivity index (χ0) is 11.3. The summed E-state index contributed by atoms with van der Waals surface area (Å²) in [6.45, 7) is 8.41. The zero-order valence-corrected chi connectivity index (χ0v) is 10.1. The number of hydrogen-bond donors (Lipinski definition) is 2. The molecule has 1 aromatic rings. The van der Waals surface area contributed by atoms with Gasteiger partial charge in [0.15, 0.2) is 0 Å². The van der Waals surface area contributed by atoms with E-state index in [1.165, 1.54) is 5.56 Å². The summed E-state index contributed by atoms with van der Waals surface area (Å²) in [7, 11) is 1.90. The van der Waals surface area contributed by atoms with E-state index < -0.39 is 0 Å². The minimum Gasteiger partial charge on any atom is -0.373 e. The molecule has 0 unspecified atom stereocenters. The molecule has 15 heavy (non-hydrogen) atoms. The first-order chi connectivity index (χ1) is 7.11. The van der Waals surface area contributed by atoms with Gasteiger partial charge in [0.05, 0.1) is 0 Å². The fourth-order valence-corrected chi connectivity index (χ4v) is 1.48. The van der Waals surface area contributed by atoms with Gasteiger partial charge in [0.25, 0.3) is 0 Å². The predicted octanol–water partition coefficient (Wildman–Crippen LogP) is 2.18. The molecular formula is C12H21N3. The van der Waals surface area contributed by atoms with Crippen molar-refractivity contribution in [1.29, 1.82) is 0 Å². The molecule has 0 spiro atoms. The van der Waals surface area contributed by atoms with Gasteiger partial charge in [0.1, 0.15) is 5.82 Å². The van der Waals surface area contributed by atoms with Crippen LogP contribution in [0.2, 0.25) is 0 Å². The van der Waals surface area contributed by atoms with Crippen molar-refractivity contribution in [2.75, 3.05) is 18.9 Å². The van der Waals surface area contributed by atoms with Crippen LogP contribution in [-0.4, -0.2) is 18.6 Å². The van der Waals surface area contributed by atoms with E-state index in [2.05, 4.69) is 41.6 Å². The maximum absolute atomic E-state index is 4.36. The first-order valence-corrected chi connectivity index (χ1v) is 5.48. The molecule has 0 aliphatic carbocycles. The average Bonchev–Trinajstić information content (AvgIpc) is 2.16. The van der Waals surface area contributed by atoms with Crippen molar-refractivity contribution < 1.29 is 0 Å². The van der Waals surface area contributed by atoms with Crippen LogP contribution in [0, 0.1) is 12.8 Å². The SMILES string of the molecule is CNc1cc(CNCC(C)C)cc(C)n1. The number of hydrogen-bond acceptors (Lipinski definition) is 3. The summed E-state index contributed by atoms with van der Waals surface area (Å²) in [5, 5.41) is 6.49. The Kier molecular flexibility index (Phi) is 4.56. The Morgan fingerprint density at radius 2 is 2.07 bits per heavy atom. The molecule has 0 fully saturated rings. The van der Waals surface area contributed by atoms with Gasteiger partial charge in [0.2, 0.25) is 0 Å². The fraction of sp³-hybridized carbons (Fsp3) is 0.583. The summed E-state index contributed by atoms with van der Waals surface area (Å²) in [6, 6.07) is 4.20. The lowest BCUT2D eigenvalue weighted by molar-refractivity contribution is 0.552. The van der Waals surface area contributed by atoms with Crippen LogP contribution in [0.15, 0.2) is 12.1 Å². The van der Waals surface area contributed by atoms with Crippen molar-refractivity contribution in [3.8, 4) is 0 Å². The van der Waals surface area contributed by atoms with E-state index in [0.29, 0.717) is 5.92 Å². The van der Waals surface area contributed by atoms with E-state index in [-0.39, 0.29) is 0 Å².